The Morgan fingerprint density at radius 3 is 2.52 bits per heavy atom. The van der Waals surface area contributed by atoms with Crippen LogP contribution in [-0.2, 0) is 10.0 Å². The van der Waals surface area contributed by atoms with Crippen molar-refractivity contribution in [1.82, 2.24) is 14.3 Å². The SMILES string of the molecule is CNc1ccc2c(=O)n(-c3ccc(C(=O)NS(=O)(=O)c4ccc(Cl)s4)cc3F)c(=O)[nH]c2c1. The Morgan fingerprint density at radius 2 is 1.88 bits per heavy atom. The molecular formula is C20H14ClFN4O5S2. The lowest BCUT2D eigenvalue weighted by molar-refractivity contribution is 0.0981. The summed E-state index contributed by atoms with van der Waals surface area (Å²) in [6, 6.07) is 10.1. The van der Waals surface area contributed by atoms with Gasteiger partial charge in [0.05, 0.1) is 20.9 Å². The van der Waals surface area contributed by atoms with Gasteiger partial charge in [-0.05, 0) is 48.5 Å². The topological polar surface area (TPSA) is 130 Å². The number of fused-ring (bicyclic) bond motifs is 1. The summed E-state index contributed by atoms with van der Waals surface area (Å²) in [6.45, 7) is 0. The molecule has 0 saturated heterocycles. The lowest BCUT2D eigenvalue weighted by Gasteiger charge is -2.10. The monoisotopic (exact) mass is 508 g/mol. The third-order valence-corrected chi connectivity index (χ3v) is 7.73. The minimum atomic E-state index is -4.21. The van der Waals surface area contributed by atoms with Gasteiger partial charge in [0.1, 0.15) is 10.0 Å². The van der Waals surface area contributed by atoms with Crippen molar-refractivity contribution in [2.45, 2.75) is 4.21 Å². The normalized spacial score (nSPS) is 11.5. The fraction of sp³-hybridized carbons (Fsp3) is 0.0500. The molecule has 0 fully saturated rings. The van der Waals surface area contributed by atoms with Crippen LogP contribution in [-0.4, -0.2) is 30.9 Å². The Balaban J connectivity index is 1.71. The van der Waals surface area contributed by atoms with E-state index in [1.54, 1.807) is 19.2 Å². The van der Waals surface area contributed by atoms with Crippen molar-refractivity contribution in [3.63, 3.8) is 0 Å². The number of benzene rings is 2. The van der Waals surface area contributed by atoms with E-state index in [-0.39, 0.29) is 25.0 Å². The number of nitrogens with zero attached hydrogens (tertiary/aromatic N) is 1. The van der Waals surface area contributed by atoms with Crippen LogP contribution >= 0.6 is 22.9 Å². The third-order valence-electron chi connectivity index (χ3n) is 4.68. The second kappa shape index (κ2) is 8.46. The Hall–Kier alpha value is -3.48. The molecule has 2 aromatic heterocycles. The van der Waals surface area contributed by atoms with Crippen LogP contribution in [0.2, 0.25) is 4.34 Å². The number of rotatable bonds is 5. The fourth-order valence-corrected chi connectivity index (χ4v) is 5.55. The van der Waals surface area contributed by atoms with E-state index in [0.717, 1.165) is 29.5 Å². The van der Waals surface area contributed by atoms with Crippen molar-refractivity contribution in [1.29, 1.82) is 0 Å². The molecule has 0 aliphatic rings. The van der Waals surface area contributed by atoms with Gasteiger partial charge in [-0.15, -0.1) is 11.3 Å². The molecule has 0 aliphatic carbocycles. The maximum atomic E-state index is 14.9. The summed E-state index contributed by atoms with van der Waals surface area (Å²) in [5, 5.41) is 3.03. The third kappa shape index (κ3) is 4.27. The highest BCUT2D eigenvalue weighted by atomic mass is 35.5. The molecule has 0 saturated carbocycles. The molecule has 4 aromatic rings. The first-order chi connectivity index (χ1) is 15.6. The zero-order valence-electron chi connectivity index (χ0n) is 16.7. The number of thiophene rings is 1. The first-order valence-corrected chi connectivity index (χ1v) is 11.9. The highest BCUT2D eigenvalue weighted by Crippen LogP contribution is 2.25. The molecule has 0 aliphatic heterocycles. The van der Waals surface area contributed by atoms with E-state index in [2.05, 4.69) is 10.3 Å². The summed E-state index contributed by atoms with van der Waals surface area (Å²) in [4.78, 5) is 40.3. The van der Waals surface area contributed by atoms with Crippen LogP contribution in [0.4, 0.5) is 10.1 Å². The molecule has 1 amide bonds. The van der Waals surface area contributed by atoms with Crippen LogP contribution in [0.25, 0.3) is 16.6 Å². The van der Waals surface area contributed by atoms with Gasteiger partial charge >= 0.3 is 5.69 Å². The Kier molecular flexibility index (Phi) is 5.82. The molecule has 13 heteroatoms. The number of amides is 1. The predicted octanol–water partition coefficient (Wildman–Crippen LogP) is 2.69. The number of H-pyrrole nitrogens is 1. The van der Waals surface area contributed by atoms with E-state index in [1.165, 1.54) is 18.2 Å². The van der Waals surface area contributed by atoms with Crippen LogP contribution in [0.15, 0.2) is 62.3 Å². The molecule has 0 unspecified atom stereocenters. The number of nitrogens with one attached hydrogen (secondary N) is 3. The number of anilines is 1. The van der Waals surface area contributed by atoms with Crippen molar-refractivity contribution in [3.05, 3.63) is 85.1 Å². The maximum Gasteiger partial charge on any atom is 0.333 e. The molecule has 9 nitrogen and oxygen atoms in total. The van der Waals surface area contributed by atoms with Crippen LogP contribution < -0.4 is 21.3 Å². The molecule has 0 spiro atoms. The maximum absolute atomic E-state index is 14.9. The van der Waals surface area contributed by atoms with Crippen molar-refractivity contribution in [3.8, 4) is 5.69 Å². The van der Waals surface area contributed by atoms with E-state index in [9.17, 15) is 27.2 Å². The highest BCUT2D eigenvalue weighted by Gasteiger charge is 2.22. The minimum Gasteiger partial charge on any atom is -0.388 e. The quantitative estimate of drug-likeness (QED) is 0.380. The standard InChI is InChI=1S/C20H14ClFN4O5S2/c1-23-11-3-4-12-14(9-11)24-20(29)26(19(12)28)15-5-2-10(8-13(15)22)18(27)25-33(30,31)17-7-6-16(21)32-17/h2-9,23H,1H3,(H,24,29)(H,25,27). The second-order valence-electron chi connectivity index (χ2n) is 6.74. The molecule has 0 atom stereocenters. The summed E-state index contributed by atoms with van der Waals surface area (Å²) in [6.07, 6.45) is 0. The Morgan fingerprint density at radius 1 is 1.12 bits per heavy atom. The minimum absolute atomic E-state index is 0.149. The summed E-state index contributed by atoms with van der Waals surface area (Å²) >= 11 is 6.48. The van der Waals surface area contributed by atoms with E-state index in [1.807, 2.05) is 4.72 Å². The van der Waals surface area contributed by atoms with Crippen LogP contribution in [0, 0.1) is 5.82 Å². The number of hydrogen-bond donors (Lipinski definition) is 3. The second-order valence-corrected chi connectivity index (χ2v) is 10.4. The molecule has 0 bridgehead atoms. The summed E-state index contributed by atoms with van der Waals surface area (Å²) in [5.41, 5.74) is -1.43. The largest absolute Gasteiger partial charge is 0.388 e. The molecular weight excluding hydrogens is 495 g/mol. The van der Waals surface area contributed by atoms with Gasteiger partial charge < -0.3 is 10.3 Å². The average molecular weight is 509 g/mol. The lowest BCUT2D eigenvalue weighted by Crippen LogP contribution is -2.34. The zero-order valence-corrected chi connectivity index (χ0v) is 19.1. The smallest absolute Gasteiger partial charge is 0.333 e. The van der Waals surface area contributed by atoms with Gasteiger partial charge in [0.2, 0.25) is 0 Å². The molecule has 4 rings (SSSR count). The molecule has 33 heavy (non-hydrogen) atoms. The number of hydrogen-bond acceptors (Lipinski definition) is 7. The van der Waals surface area contributed by atoms with Crippen LogP contribution in [0.5, 0.6) is 0 Å². The fourth-order valence-electron chi connectivity index (χ4n) is 3.10. The van der Waals surface area contributed by atoms with Crippen LogP contribution in [0.3, 0.4) is 0 Å². The highest BCUT2D eigenvalue weighted by molar-refractivity contribution is 7.92. The first-order valence-electron chi connectivity index (χ1n) is 9.20. The number of aromatic amines is 1. The Bertz CT molecular complexity index is 1640. The number of halogens is 2. The van der Waals surface area contributed by atoms with Crippen LogP contribution in [0.1, 0.15) is 10.4 Å². The van der Waals surface area contributed by atoms with E-state index in [4.69, 9.17) is 11.6 Å². The number of carbonyl (C=O) groups excluding carboxylic acids is 1. The van der Waals surface area contributed by atoms with Gasteiger partial charge in [0.15, 0.2) is 0 Å². The number of carbonyl (C=O) groups is 1. The molecule has 170 valence electrons. The average Bonchev–Trinajstić information content (AvgIpc) is 3.21. The van der Waals surface area contributed by atoms with Gasteiger partial charge in [-0.25, -0.2) is 26.9 Å². The van der Waals surface area contributed by atoms with E-state index < -0.39 is 38.7 Å². The summed E-state index contributed by atoms with van der Waals surface area (Å²) < 4.78 is 41.9. The van der Waals surface area contributed by atoms with Gasteiger partial charge in [0.25, 0.3) is 21.5 Å². The number of sulfonamides is 1. The Labute approximate surface area is 194 Å². The van der Waals surface area contributed by atoms with Gasteiger partial charge in [-0.2, -0.15) is 0 Å². The van der Waals surface area contributed by atoms with Gasteiger partial charge in [-0.1, -0.05) is 11.6 Å². The summed E-state index contributed by atoms with van der Waals surface area (Å²) in [5.74, 6) is -2.16. The van der Waals surface area contributed by atoms with Crippen molar-refractivity contribution < 1.29 is 17.6 Å². The zero-order chi connectivity index (χ0) is 23.9. The van der Waals surface area contributed by atoms with Crippen molar-refractivity contribution in [2.24, 2.45) is 0 Å². The predicted molar refractivity (Wildman–Crippen MR) is 124 cm³/mol. The number of aromatic nitrogens is 2. The molecule has 2 aromatic carbocycles. The molecule has 2 heterocycles. The molecule has 0 radical (unpaired) electrons. The van der Waals surface area contributed by atoms with Crippen molar-refractivity contribution >= 4 is 55.5 Å². The first kappa shape index (κ1) is 22.7. The summed E-state index contributed by atoms with van der Waals surface area (Å²) in [7, 11) is -2.53. The van der Waals surface area contributed by atoms with Crippen molar-refractivity contribution in [2.75, 3.05) is 12.4 Å². The van der Waals surface area contributed by atoms with Gasteiger partial charge in [0, 0.05) is 18.3 Å². The van der Waals surface area contributed by atoms with E-state index in [0.29, 0.717) is 10.3 Å². The van der Waals surface area contributed by atoms with E-state index >= 15 is 0 Å². The van der Waals surface area contributed by atoms with Gasteiger partial charge in [-0.3, -0.25) is 9.59 Å². The lowest BCUT2D eigenvalue weighted by atomic mass is 10.1. The molecule has 3 N–H and O–H groups in total.